The molecule has 1 aromatic heterocycles. The van der Waals surface area contributed by atoms with Crippen molar-refractivity contribution >= 4 is 0 Å². The van der Waals surface area contributed by atoms with Crippen LogP contribution in [0.25, 0.3) is 11.4 Å². The highest BCUT2D eigenvalue weighted by atomic mass is 16.5. The van der Waals surface area contributed by atoms with E-state index >= 15 is 0 Å². The van der Waals surface area contributed by atoms with Crippen LogP contribution in [0.4, 0.5) is 0 Å². The molecule has 0 bridgehead atoms. The maximum Gasteiger partial charge on any atom is 0.159 e. The van der Waals surface area contributed by atoms with Gasteiger partial charge in [-0.05, 0) is 49.4 Å². The first-order chi connectivity index (χ1) is 14.2. The lowest BCUT2D eigenvalue weighted by atomic mass is 10.0. The van der Waals surface area contributed by atoms with Crippen LogP contribution in [0.3, 0.4) is 0 Å². The summed E-state index contributed by atoms with van der Waals surface area (Å²) in [4.78, 5) is 8.89. The lowest BCUT2D eigenvalue weighted by Crippen LogP contribution is -2.01. The molecule has 0 saturated heterocycles. The maximum atomic E-state index is 5.84. The van der Waals surface area contributed by atoms with Crippen LogP contribution in [0.5, 0.6) is 11.5 Å². The Bertz CT molecular complexity index is 656. The molecule has 0 saturated carbocycles. The van der Waals surface area contributed by atoms with Gasteiger partial charge in [-0.3, -0.25) is 0 Å². The van der Waals surface area contributed by atoms with Gasteiger partial charge in [0.1, 0.15) is 5.75 Å². The fraction of sp³-hybridized carbons (Fsp3) is 0.600. The Labute approximate surface area is 177 Å². The Morgan fingerprint density at radius 1 is 0.759 bits per heavy atom. The van der Waals surface area contributed by atoms with Crippen LogP contribution in [0, 0.1) is 5.92 Å². The number of hydrogen-bond donors (Lipinski definition) is 0. The smallest absolute Gasteiger partial charge is 0.159 e. The molecule has 1 atom stereocenters. The molecule has 0 fully saturated rings. The van der Waals surface area contributed by atoms with Crippen molar-refractivity contribution < 1.29 is 9.47 Å². The van der Waals surface area contributed by atoms with Gasteiger partial charge in [-0.25, -0.2) is 9.97 Å². The van der Waals surface area contributed by atoms with E-state index in [1.807, 2.05) is 24.3 Å². The standard InChI is InChI=1S/C25H38N2O2/c1-4-6-7-8-9-10-17-29-24-19-26-25(27-20-24)22-13-15-23(16-14-22)28-18-11-12-21(3)5-2/h13-16,19-21H,4-12,17-18H2,1-3H3. The Morgan fingerprint density at radius 3 is 2.07 bits per heavy atom. The zero-order valence-corrected chi connectivity index (χ0v) is 18.5. The second-order valence-electron chi connectivity index (χ2n) is 7.89. The van der Waals surface area contributed by atoms with Gasteiger partial charge in [0.05, 0.1) is 25.6 Å². The van der Waals surface area contributed by atoms with Crippen LogP contribution >= 0.6 is 0 Å². The monoisotopic (exact) mass is 398 g/mol. The minimum atomic E-state index is 0.709. The molecule has 160 valence electrons. The average Bonchev–Trinajstić information content (AvgIpc) is 2.77. The molecule has 0 aliphatic rings. The van der Waals surface area contributed by atoms with Crippen molar-refractivity contribution in [2.45, 2.75) is 78.6 Å². The quantitative estimate of drug-likeness (QED) is 0.300. The van der Waals surface area contributed by atoms with Gasteiger partial charge >= 0.3 is 0 Å². The van der Waals surface area contributed by atoms with Gasteiger partial charge in [-0.2, -0.15) is 0 Å². The van der Waals surface area contributed by atoms with Crippen molar-refractivity contribution in [1.29, 1.82) is 0 Å². The van der Waals surface area contributed by atoms with E-state index in [1.165, 1.54) is 44.9 Å². The van der Waals surface area contributed by atoms with E-state index in [0.29, 0.717) is 5.82 Å². The average molecular weight is 399 g/mol. The SMILES string of the molecule is CCCCCCCCOc1cnc(-c2ccc(OCCCC(C)CC)cc2)nc1. The third-order valence-corrected chi connectivity index (χ3v) is 5.31. The van der Waals surface area contributed by atoms with Crippen molar-refractivity contribution in [1.82, 2.24) is 9.97 Å². The molecule has 4 heteroatoms. The summed E-state index contributed by atoms with van der Waals surface area (Å²) in [6.45, 7) is 8.27. The second-order valence-corrected chi connectivity index (χ2v) is 7.89. The van der Waals surface area contributed by atoms with Crippen molar-refractivity contribution in [2.75, 3.05) is 13.2 Å². The molecular formula is C25H38N2O2. The van der Waals surface area contributed by atoms with E-state index in [2.05, 4.69) is 30.7 Å². The summed E-state index contributed by atoms with van der Waals surface area (Å²) in [5.41, 5.74) is 0.986. The van der Waals surface area contributed by atoms with E-state index in [-0.39, 0.29) is 0 Å². The first-order valence-corrected chi connectivity index (χ1v) is 11.4. The fourth-order valence-electron chi connectivity index (χ4n) is 3.14. The zero-order valence-electron chi connectivity index (χ0n) is 18.5. The predicted molar refractivity (Wildman–Crippen MR) is 121 cm³/mol. The molecule has 0 aliphatic carbocycles. The summed E-state index contributed by atoms with van der Waals surface area (Å²) in [5.74, 6) is 3.12. The zero-order chi connectivity index (χ0) is 20.7. The molecule has 0 N–H and O–H groups in total. The summed E-state index contributed by atoms with van der Waals surface area (Å²) >= 11 is 0. The van der Waals surface area contributed by atoms with E-state index in [4.69, 9.17) is 9.47 Å². The highest BCUT2D eigenvalue weighted by Gasteiger charge is 2.04. The van der Waals surface area contributed by atoms with Crippen LogP contribution in [0.2, 0.25) is 0 Å². The highest BCUT2D eigenvalue weighted by Crippen LogP contribution is 2.21. The summed E-state index contributed by atoms with van der Waals surface area (Å²) in [6.07, 6.45) is 14.6. The molecular weight excluding hydrogens is 360 g/mol. The number of ether oxygens (including phenoxy) is 2. The Hall–Kier alpha value is -2.10. The maximum absolute atomic E-state index is 5.84. The molecule has 29 heavy (non-hydrogen) atoms. The van der Waals surface area contributed by atoms with Crippen LogP contribution in [-0.4, -0.2) is 23.2 Å². The van der Waals surface area contributed by atoms with Gasteiger partial charge in [0.2, 0.25) is 0 Å². The molecule has 2 rings (SSSR count). The lowest BCUT2D eigenvalue weighted by Gasteiger charge is -2.10. The van der Waals surface area contributed by atoms with Crippen LogP contribution in [-0.2, 0) is 0 Å². The van der Waals surface area contributed by atoms with E-state index < -0.39 is 0 Å². The van der Waals surface area contributed by atoms with Crippen molar-refractivity contribution in [3.05, 3.63) is 36.7 Å². The summed E-state index contributed by atoms with van der Waals surface area (Å²) < 4.78 is 11.6. The van der Waals surface area contributed by atoms with Crippen LogP contribution < -0.4 is 9.47 Å². The number of nitrogens with zero attached hydrogens (tertiary/aromatic N) is 2. The van der Waals surface area contributed by atoms with E-state index in [1.54, 1.807) is 12.4 Å². The minimum Gasteiger partial charge on any atom is -0.494 e. The summed E-state index contributed by atoms with van der Waals surface area (Å²) in [6, 6.07) is 8.00. The molecule has 1 aromatic carbocycles. The second kappa shape index (κ2) is 14.0. The largest absolute Gasteiger partial charge is 0.494 e. The predicted octanol–water partition coefficient (Wildman–Crippen LogP) is 7.09. The highest BCUT2D eigenvalue weighted by molar-refractivity contribution is 5.56. The molecule has 0 radical (unpaired) electrons. The van der Waals surface area contributed by atoms with E-state index in [9.17, 15) is 0 Å². The Kier molecular flexibility index (Phi) is 11.2. The topological polar surface area (TPSA) is 44.2 Å². The Morgan fingerprint density at radius 2 is 1.38 bits per heavy atom. The molecule has 0 aliphatic heterocycles. The van der Waals surface area contributed by atoms with Gasteiger partial charge in [0.15, 0.2) is 11.6 Å². The van der Waals surface area contributed by atoms with E-state index in [0.717, 1.165) is 49.0 Å². The van der Waals surface area contributed by atoms with Gasteiger partial charge in [-0.15, -0.1) is 0 Å². The van der Waals surface area contributed by atoms with Crippen molar-refractivity contribution in [3.63, 3.8) is 0 Å². The molecule has 1 unspecified atom stereocenters. The van der Waals surface area contributed by atoms with Crippen molar-refractivity contribution in [2.24, 2.45) is 5.92 Å². The molecule has 0 amide bonds. The number of rotatable bonds is 15. The van der Waals surface area contributed by atoms with Crippen LogP contribution in [0.15, 0.2) is 36.7 Å². The van der Waals surface area contributed by atoms with Gasteiger partial charge in [0.25, 0.3) is 0 Å². The first kappa shape index (κ1) is 23.2. The van der Waals surface area contributed by atoms with Gasteiger partial charge < -0.3 is 9.47 Å². The molecule has 0 spiro atoms. The lowest BCUT2D eigenvalue weighted by molar-refractivity contribution is 0.294. The molecule has 4 nitrogen and oxygen atoms in total. The van der Waals surface area contributed by atoms with Gasteiger partial charge in [0, 0.05) is 5.56 Å². The normalized spacial score (nSPS) is 12.0. The van der Waals surface area contributed by atoms with Crippen molar-refractivity contribution in [3.8, 4) is 22.9 Å². The van der Waals surface area contributed by atoms with Gasteiger partial charge in [-0.1, -0.05) is 59.3 Å². The third kappa shape index (κ3) is 9.29. The molecule has 2 aromatic rings. The number of benzene rings is 1. The fourth-order valence-corrected chi connectivity index (χ4v) is 3.14. The number of hydrogen-bond acceptors (Lipinski definition) is 4. The minimum absolute atomic E-state index is 0.709. The first-order valence-electron chi connectivity index (χ1n) is 11.4. The number of unbranched alkanes of at least 4 members (excludes halogenated alkanes) is 5. The Balaban J connectivity index is 1.70. The third-order valence-electron chi connectivity index (χ3n) is 5.31. The molecule has 1 heterocycles. The summed E-state index contributed by atoms with van der Waals surface area (Å²) in [5, 5.41) is 0. The number of aromatic nitrogens is 2. The van der Waals surface area contributed by atoms with Crippen LogP contribution in [0.1, 0.15) is 78.6 Å². The summed E-state index contributed by atoms with van der Waals surface area (Å²) in [7, 11) is 0.